The smallest absolute Gasteiger partial charge is 0.311 e. The second-order valence-electron chi connectivity index (χ2n) is 5.06. The maximum atomic E-state index is 12.5. The summed E-state index contributed by atoms with van der Waals surface area (Å²) in [7, 11) is 0. The molecule has 0 saturated heterocycles. The number of rotatable bonds is 7. The average Bonchev–Trinajstić information content (AvgIpc) is 2.86. The Morgan fingerprint density at radius 3 is 2.76 bits per heavy atom. The number of benzene rings is 1. The molecule has 9 heteroatoms. The molecule has 0 bridgehead atoms. The molecule has 25 heavy (non-hydrogen) atoms. The van der Waals surface area contributed by atoms with Crippen molar-refractivity contribution in [2.45, 2.75) is 24.7 Å². The van der Waals surface area contributed by atoms with E-state index < -0.39 is 30.5 Å². The molecule has 1 aromatic heterocycles. The monoisotopic (exact) mass is 389 g/mol. The van der Waals surface area contributed by atoms with Crippen molar-refractivity contribution in [3.05, 3.63) is 46.4 Å². The topological polar surface area (TPSA) is 79.5 Å². The zero-order chi connectivity index (χ0) is 18.6. The number of alkyl halides is 2. The summed E-state index contributed by atoms with van der Waals surface area (Å²) < 4.78 is 30.1. The molecule has 1 aromatic carbocycles. The van der Waals surface area contributed by atoms with Crippen molar-refractivity contribution < 1.29 is 27.9 Å². The number of aryl methyl sites for hydroxylation is 1. The Bertz CT molecular complexity index is 794. The summed E-state index contributed by atoms with van der Waals surface area (Å²) in [5.41, 5.74) is 0.842. The van der Waals surface area contributed by atoms with Gasteiger partial charge in [-0.1, -0.05) is 17.7 Å². The number of aliphatic carboxylic acids is 1. The minimum absolute atomic E-state index is 0.0197. The van der Waals surface area contributed by atoms with E-state index in [-0.39, 0.29) is 22.0 Å². The van der Waals surface area contributed by atoms with Crippen LogP contribution in [-0.4, -0.2) is 29.2 Å². The number of halogens is 3. The van der Waals surface area contributed by atoms with Gasteiger partial charge in [0.1, 0.15) is 12.2 Å². The van der Waals surface area contributed by atoms with Crippen molar-refractivity contribution in [1.82, 2.24) is 0 Å². The molecule has 1 amide bonds. The van der Waals surface area contributed by atoms with Gasteiger partial charge in [0.15, 0.2) is 0 Å². The van der Waals surface area contributed by atoms with Crippen molar-refractivity contribution in [3.8, 4) is 0 Å². The number of carbonyl (C=O) groups is 2. The second-order valence-corrected chi connectivity index (χ2v) is 6.50. The third kappa shape index (κ3) is 4.96. The van der Waals surface area contributed by atoms with Crippen LogP contribution in [-0.2, 0) is 11.2 Å². The molecule has 0 aliphatic rings. The Kier molecular flexibility index (Phi) is 6.44. The molecule has 0 aliphatic carbocycles. The number of carboxylic acid groups (broad SMARTS) is 1. The summed E-state index contributed by atoms with van der Waals surface area (Å²) >= 11 is 6.87. The Morgan fingerprint density at radius 2 is 2.12 bits per heavy atom. The third-order valence-electron chi connectivity index (χ3n) is 3.16. The lowest BCUT2D eigenvalue weighted by molar-refractivity contribution is -0.136. The summed E-state index contributed by atoms with van der Waals surface area (Å²) in [5, 5.41) is 11.7. The number of carboxylic acids is 1. The molecule has 2 aromatic rings. The molecule has 2 N–H and O–H groups in total. The predicted octanol–water partition coefficient (Wildman–Crippen LogP) is 4.48. The van der Waals surface area contributed by atoms with Crippen molar-refractivity contribution in [1.29, 1.82) is 0 Å². The van der Waals surface area contributed by atoms with Gasteiger partial charge in [-0.2, -0.15) is 0 Å². The lowest BCUT2D eigenvalue weighted by atomic mass is 10.1. The first-order valence-electron chi connectivity index (χ1n) is 7.09. The Labute approximate surface area is 151 Å². The van der Waals surface area contributed by atoms with Gasteiger partial charge in [-0.05, 0) is 19.1 Å². The molecule has 2 rings (SSSR count). The van der Waals surface area contributed by atoms with E-state index in [4.69, 9.17) is 21.1 Å². The summed E-state index contributed by atoms with van der Waals surface area (Å²) in [5.74, 6) is -2.18. The van der Waals surface area contributed by atoms with Gasteiger partial charge < -0.3 is 14.8 Å². The van der Waals surface area contributed by atoms with E-state index in [1.165, 1.54) is 18.4 Å². The van der Waals surface area contributed by atoms with Gasteiger partial charge in [-0.15, -0.1) is 11.8 Å². The van der Waals surface area contributed by atoms with Crippen molar-refractivity contribution in [2.75, 3.05) is 11.1 Å². The molecule has 0 saturated carbocycles. The minimum atomic E-state index is -2.52. The number of hydrogen-bond donors (Lipinski definition) is 2. The second kappa shape index (κ2) is 8.35. The van der Waals surface area contributed by atoms with E-state index in [2.05, 4.69) is 5.32 Å². The summed E-state index contributed by atoms with van der Waals surface area (Å²) in [6.07, 6.45) is -1.68. The fraction of sp³-hybridized carbons (Fsp3) is 0.250. The lowest BCUT2D eigenvalue weighted by Gasteiger charge is -2.12. The predicted molar refractivity (Wildman–Crippen MR) is 90.9 cm³/mol. The highest BCUT2D eigenvalue weighted by Gasteiger charge is 2.22. The summed E-state index contributed by atoms with van der Waals surface area (Å²) in [6, 6.07) is 4.64. The average molecular weight is 390 g/mol. The van der Waals surface area contributed by atoms with Crippen LogP contribution in [0, 0.1) is 6.92 Å². The van der Waals surface area contributed by atoms with Gasteiger partial charge >= 0.3 is 5.97 Å². The first-order chi connectivity index (χ1) is 11.8. The van der Waals surface area contributed by atoms with Crippen LogP contribution >= 0.6 is 23.4 Å². The normalized spacial score (nSPS) is 10.9. The summed E-state index contributed by atoms with van der Waals surface area (Å²) in [4.78, 5) is 23.7. The van der Waals surface area contributed by atoms with Crippen LogP contribution in [0.25, 0.3) is 0 Å². The molecule has 1 heterocycles. The maximum Gasteiger partial charge on any atom is 0.311 e. The molecule has 0 atom stereocenters. The van der Waals surface area contributed by atoms with E-state index in [0.29, 0.717) is 10.5 Å². The number of hydrogen-bond acceptors (Lipinski definition) is 4. The number of furan rings is 1. The van der Waals surface area contributed by atoms with E-state index in [9.17, 15) is 18.4 Å². The van der Waals surface area contributed by atoms with Gasteiger partial charge in [0.25, 0.3) is 5.91 Å². The summed E-state index contributed by atoms with van der Waals surface area (Å²) in [6.45, 7) is 1.61. The number of amides is 1. The molecule has 134 valence electrons. The van der Waals surface area contributed by atoms with Crippen LogP contribution in [0.2, 0.25) is 5.02 Å². The molecule has 0 fully saturated rings. The van der Waals surface area contributed by atoms with Crippen LogP contribution in [0.4, 0.5) is 14.5 Å². The fourth-order valence-corrected chi connectivity index (χ4v) is 3.27. The van der Waals surface area contributed by atoms with Gasteiger partial charge in [-0.3, -0.25) is 9.59 Å². The molecule has 0 unspecified atom stereocenters. The SMILES string of the molecule is Cc1coc(CC(=O)O)c1C(=O)Nc1cccc(Cl)c1SCC(F)F. The number of anilines is 1. The molecule has 0 aliphatic heterocycles. The van der Waals surface area contributed by atoms with Crippen LogP contribution < -0.4 is 5.32 Å². The highest BCUT2D eigenvalue weighted by atomic mass is 35.5. The van der Waals surface area contributed by atoms with Crippen LogP contribution in [0.3, 0.4) is 0 Å². The highest BCUT2D eigenvalue weighted by Crippen LogP contribution is 2.35. The van der Waals surface area contributed by atoms with E-state index in [1.807, 2.05) is 0 Å². The third-order valence-corrected chi connectivity index (χ3v) is 4.73. The molecule has 0 radical (unpaired) electrons. The van der Waals surface area contributed by atoms with Gasteiger partial charge in [0, 0.05) is 10.5 Å². The largest absolute Gasteiger partial charge is 0.481 e. The molecular weight excluding hydrogens is 376 g/mol. The van der Waals surface area contributed by atoms with Gasteiger partial charge in [-0.25, -0.2) is 8.78 Å². The molecule has 0 spiro atoms. The van der Waals surface area contributed by atoms with Gasteiger partial charge in [0.05, 0.1) is 28.3 Å². The van der Waals surface area contributed by atoms with Crippen molar-refractivity contribution in [2.24, 2.45) is 0 Å². The van der Waals surface area contributed by atoms with E-state index >= 15 is 0 Å². The Balaban J connectivity index is 2.28. The minimum Gasteiger partial charge on any atom is -0.481 e. The first kappa shape index (κ1) is 19.3. The lowest BCUT2D eigenvalue weighted by Crippen LogP contribution is -2.16. The van der Waals surface area contributed by atoms with E-state index in [0.717, 1.165) is 11.8 Å². The first-order valence-corrected chi connectivity index (χ1v) is 8.45. The van der Waals surface area contributed by atoms with Crippen molar-refractivity contribution >= 4 is 40.9 Å². The number of carbonyl (C=O) groups excluding carboxylic acids is 1. The van der Waals surface area contributed by atoms with Crippen LogP contribution in [0.1, 0.15) is 21.7 Å². The Hall–Kier alpha value is -2.06. The zero-order valence-electron chi connectivity index (χ0n) is 13.0. The quantitative estimate of drug-likeness (QED) is 0.682. The zero-order valence-corrected chi connectivity index (χ0v) is 14.6. The maximum absolute atomic E-state index is 12.5. The number of nitrogens with one attached hydrogen (secondary N) is 1. The fourth-order valence-electron chi connectivity index (χ4n) is 2.16. The molecular formula is C16H14ClF2NO4S. The van der Waals surface area contributed by atoms with Crippen LogP contribution in [0.15, 0.2) is 33.8 Å². The van der Waals surface area contributed by atoms with E-state index in [1.54, 1.807) is 13.0 Å². The standard InChI is InChI=1S/C16H14ClF2NO4S/c1-8-6-24-11(5-13(21)22)14(8)16(23)20-10-4-2-3-9(17)15(10)25-7-12(18)19/h2-4,6,12H,5,7H2,1H3,(H,20,23)(H,21,22). The number of thioether (sulfide) groups is 1. The molecule has 5 nitrogen and oxygen atoms in total. The van der Waals surface area contributed by atoms with Crippen LogP contribution in [0.5, 0.6) is 0 Å². The van der Waals surface area contributed by atoms with Crippen molar-refractivity contribution in [3.63, 3.8) is 0 Å². The van der Waals surface area contributed by atoms with Gasteiger partial charge in [0.2, 0.25) is 6.43 Å². The highest BCUT2D eigenvalue weighted by molar-refractivity contribution is 7.99. The Morgan fingerprint density at radius 1 is 1.40 bits per heavy atom.